The number of nitrogens with zero attached hydrogens (tertiary/aromatic N) is 1. The van der Waals surface area contributed by atoms with E-state index in [1.54, 1.807) is 0 Å². The van der Waals surface area contributed by atoms with Gasteiger partial charge in [0.1, 0.15) is 18.1 Å². The molecule has 0 bridgehead atoms. The molecule has 0 aromatic rings. The Bertz CT molecular complexity index is 446. The van der Waals surface area contributed by atoms with Gasteiger partial charge in [-0.15, -0.1) is 0 Å². The van der Waals surface area contributed by atoms with Crippen molar-refractivity contribution in [2.45, 2.75) is 50.4 Å². The molecule has 0 aromatic heterocycles. The van der Waals surface area contributed by atoms with Gasteiger partial charge in [-0.1, -0.05) is 0 Å². The van der Waals surface area contributed by atoms with Crippen LogP contribution in [0.2, 0.25) is 0 Å². The largest absolute Gasteiger partial charge is 0.480 e. The fourth-order valence-corrected chi connectivity index (χ4v) is 2.93. The van der Waals surface area contributed by atoms with Crippen molar-refractivity contribution in [1.29, 1.82) is 0 Å². The van der Waals surface area contributed by atoms with E-state index in [1.807, 2.05) is 6.26 Å². The molecule has 2 amide bonds. The first-order chi connectivity index (χ1) is 10.8. The van der Waals surface area contributed by atoms with Crippen LogP contribution in [0.4, 0.5) is 0 Å². The van der Waals surface area contributed by atoms with Gasteiger partial charge in [-0.05, 0) is 38.2 Å². The highest BCUT2D eigenvalue weighted by Gasteiger charge is 2.38. The number of amides is 2. The van der Waals surface area contributed by atoms with Crippen LogP contribution in [0.5, 0.6) is 0 Å². The van der Waals surface area contributed by atoms with Crippen molar-refractivity contribution in [3.8, 4) is 0 Å². The van der Waals surface area contributed by atoms with Crippen LogP contribution in [0.1, 0.15) is 26.2 Å². The molecule has 0 radical (unpaired) electrons. The Labute approximate surface area is 139 Å². The molecule has 0 unspecified atom stereocenters. The third-order valence-corrected chi connectivity index (χ3v) is 4.51. The smallest absolute Gasteiger partial charge is 0.326 e. The molecule has 1 aliphatic rings. The van der Waals surface area contributed by atoms with Crippen LogP contribution in [0.25, 0.3) is 0 Å². The van der Waals surface area contributed by atoms with E-state index in [9.17, 15) is 24.6 Å². The molecule has 1 fully saturated rings. The van der Waals surface area contributed by atoms with Gasteiger partial charge in [0.25, 0.3) is 0 Å². The Kier molecular flexibility index (Phi) is 7.80. The van der Waals surface area contributed by atoms with Gasteiger partial charge in [-0.2, -0.15) is 11.8 Å². The maximum absolute atomic E-state index is 12.4. The molecule has 4 atom stereocenters. The number of hydrogen-bond acceptors (Lipinski definition) is 6. The number of aliphatic carboxylic acids is 1. The Hall–Kier alpha value is -1.32. The zero-order chi connectivity index (χ0) is 17.6. The van der Waals surface area contributed by atoms with Crippen LogP contribution in [0.15, 0.2) is 0 Å². The Balaban J connectivity index is 2.73. The highest BCUT2D eigenvalue weighted by Crippen LogP contribution is 2.19. The van der Waals surface area contributed by atoms with Crippen molar-refractivity contribution in [3.05, 3.63) is 0 Å². The molecule has 0 aliphatic carbocycles. The molecule has 132 valence electrons. The SMILES string of the molecule is CSCC[C@H](NC(=O)[C@@H]1CCCN1C(=O)[C@@H](N)[C@@H](C)O)C(=O)O. The highest BCUT2D eigenvalue weighted by molar-refractivity contribution is 7.98. The number of carbonyl (C=O) groups excluding carboxylic acids is 2. The minimum absolute atomic E-state index is 0.316. The van der Waals surface area contributed by atoms with Gasteiger partial charge in [0.2, 0.25) is 11.8 Å². The van der Waals surface area contributed by atoms with E-state index in [0.717, 1.165) is 0 Å². The minimum Gasteiger partial charge on any atom is -0.480 e. The maximum atomic E-state index is 12.4. The molecule has 0 saturated carbocycles. The van der Waals surface area contributed by atoms with Gasteiger partial charge in [0, 0.05) is 6.54 Å². The number of carbonyl (C=O) groups is 3. The summed E-state index contributed by atoms with van der Waals surface area (Å²) in [5.74, 6) is -1.46. The van der Waals surface area contributed by atoms with Crippen LogP contribution in [-0.2, 0) is 14.4 Å². The summed E-state index contributed by atoms with van der Waals surface area (Å²) in [6, 6.07) is -2.79. The van der Waals surface area contributed by atoms with Gasteiger partial charge in [0.15, 0.2) is 0 Å². The number of thioether (sulfide) groups is 1. The molecule has 8 nitrogen and oxygen atoms in total. The number of rotatable bonds is 8. The molecule has 1 heterocycles. The topological polar surface area (TPSA) is 133 Å². The number of aliphatic hydroxyl groups is 1. The zero-order valence-electron chi connectivity index (χ0n) is 13.4. The molecule has 0 spiro atoms. The van der Waals surface area contributed by atoms with Crippen LogP contribution in [0.3, 0.4) is 0 Å². The summed E-state index contributed by atoms with van der Waals surface area (Å²) in [7, 11) is 0. The summed E-state index contributed by atoms with van der Waals surface area (Å²) in [4.78, 5) is 37.1. The third kappa shape index (κ3) is 5.36. The molecule has 1 aliphatic heterocycles. The lowest BCUT2D eigenvalue weighted by atomic mass is 10.1. The van der Waals surface area contributed by atoms with Crippen molar-refractivity contribution in [2.75, 3.05) is 18.6 Å². The van der Waals surface area contributed by atoms with Crippen molar-refractivity contribution < 1.29 is 24.6 Å². The lowest BCUT2D eigenvalue weighted by molar-refractivity contribution is -0.144. The van der Waals surface area contributed by atoms with E-state index in [1.165, 1.54) is 23.6 Å². The molecule has 1 saturated heterocycles. The van der Waals surface area contributed by atoms with Crippen LogP contribution in [-0.4, -0.2) is 75.7 Å². The summed E-state index contributed by atoms with van der Waals surface area (Å²) >= 11 is 1.50. The second-order valence-corrected chi connectivity index (χ2v) is 6.62. The fourth-order valence-electron chi connectivity index (χ4n) is 2.46. The number of nitrogens with one attached hydrogen (secondary N) is 1. The molecular weight excluding hydrogens is 322 g/mol. The lowest BCUT2D eigenvalue weighted by Crippen LogP contribution is -2.55. The number of aliphatic hydroxyl groups excluding tert-OH is 1. The number of hydrogen-bond donors (Lipinski definition) is 4. The van der Waals surface area contributed by atoms with E-state index >= 15 is 0 Å². The summed E-state index contributed by atoms with van der Waals surface area (Å²) in [6.45, 7) is 1.79. The summed E-state index contributed by atoms with van der Waals surface area (Å²) in [5.41, 5.74) is 5.65. The van der Waals surface area contributed by atoms with Gasteiger partial charge >= 0.3 is 5.97 Å². The van der Waals surface area contributed by atoms with Crippen molar-refractivity contribution in [1.82, 2.24) is 10.2 Å². The average Bonchev–Trinajstić information content (AvgIpc) is 2.98. The Morgan fingerprint density at radius 2 is 2.09 bits per heavy atom. The van der Waals surface area contributed by atoms with Gasteiger partial charge in [-0.3, -0.25) is 9.59 Å². The van der Waals surface area contributed by atoms with E-state index in [0.29, 0.717) is 31.6 Å². The fraction of sp³-hybridized carbons (Fsp3) is 0.786. The van der Waals surface area contributed by atoms with Crippen molar-refractivity contribution >= 4 is 29.5 Å². The van der Waals surface area contributed by atoms with Crippen molar-refractivity contribution in [3.63, 3.8) is 0 Å². The van der Waals surface area contributed by atoms with E-state index in [2.05, 4.69) is 5.32 Å². The molecule has 1 rings (SSSR count). The minimum atomic E-state index is -1.09. The molecular formula is C14H25N3O5S. The summed E-state index contributed by atoms with van der Waals surface area (Å²) in [6.07, 6.45) is 2.25. The highest BCUT2D eigenvalue weighted by atomic mass is 32.2. The first-order valence-electron chi connectivity index (χ1n) is 7.55. The summed E-state index contributed by atoms with van der Waals surface area (Å²) in [5, 5.41) is 21.1. The molecule has 23 heavy (non-hydrogen) atoms. The Morgan fingerprint density at radius 1 is 1.43 bits per heavy atom. The number of nitrogens with two attached hydrogens (primary N) is 1. The number of likely N-dealkylation sites (tertiary alicyclic amines) is 1. The first-order valence-corrected chi connectivity index (χ1v) is 8.95. The van der Waals surface area contributed by atoms with Gasteiger partial charge in [0.05, 0.1) is 6.10 Å². The van der Waals surface area contributed by atoms with Crippen LogP contribution < -0.4 is 11.1 Å². The molecule has 0 aromatic carbocycles. The molecule has 5 N–H and O–H groups in total. The molecule has 9 heteroatoms. The predicted molar refractivity (Wildman–Crippen MR) is 87.0 cm³/mol. The van der Waals surface area contributed by atoms with Gasteiger partial charge in [-0.25, -0.2) is 4.79 Å². The van der Waals surface area contributed by atoms with Crippen molar-refractivity contribution in [2.24, 2.45) is 5.73 Å². The standard InChI is InChI=1S/C14H25N3O5S/c1-8(18)11(15)13(20)17-6-3-4-10(17)12(19)16-9(14(21)22)5-7-23-2/h8-11,18H,3-7,15H2,1-2H3,(H,16,19)(H,21,22)/t8-,9+,10+,11+/m1/s1. The second-order valence-electron chi connectivity index (χ2n) is 5.64. The monoisotopic (exact) mass is 347 g/mol. The number of carboxylic acid groups (broad SMARTS) is 1. The van der Waals surface area contributed by atoms with E-state index in [4.69, 9.17) is 5.73 Å². The third-order valence-electron chi connectivity index (χ3n) is 3.87. The quantitative estimate of drug-likeness (QED) is 0.443. The maximum Gasteiger partial charge on any atom is 0.326 e. The van der Waals surface area contributed by atoms with E-state index < -0.39 is 42.0 Å². The normalized spacial score (nSPS) is 21.6. The first kappa shape index (κ1) is 19.7. The van der Waals surface area contributed by atoms with Crippen LogP contribution >= 0.6 is 11.8 Å². The van der Waals surface area contributed by atoms with Crippen LogP contribution in [0, 0.1) is 0 Å². The lowest BCUT2D eigenvalue weighted by Gasteiger charge is -2.28. The number of carboxylic acids is 1. The van der Waals surface area contributed by atoms with E-state index in [-0.39, 0.29) is 0 Å². The summed E-state index contributed by atoms with van der Waals surface area (Å²) < 4.78 is 0. The van der Waals surface area contributed by atoms with Gasteiger partial charge < -0.3 is 26.2 Å². The Morgan fingerprint density at radius 3 is 2.61 bits per heavy atom. The predicted octanol–water partition coefficient (Wildman–Crippen LogP) is -0.992. The second kappa shape index (κ2) is 9.09. The zero-order valence-corrected chi connectivity index (χ0v) is 14.2. The average molecular weight is 347 g/mol.